The Morgan fingerprint density at radius 3 is 2.57 bits per heavy atom. The maximum Gasteiger partial charge on any atom is 0.241 e. The van der Waals surface area contributed by atoms with Crippen molar-refractivity contribution in [3.63, 3.8) is 0 Å². The molecule has 0 spiro atoms. The molecule has 0 saturated carbocycles. The number of benzene rings is 2. The van der Waals surface area contributed by atoms with Crippen LogP contribution in [0.25, 0.3) is 10.8 Å². The lowest BCUT2D eigenvalue weighted by molar-refractivity contribution is -0.119. The molecule has 4 rings (SSSR count). The first-order valence-electron chi connectivity index (χ1n) is 9.77. The zero-order valence-electron chi connectivity index (χ0n) is 16.2. The molecule has 1 aromatic heterocycles. The summed E-state index contributed by atoms with van der Waals surface area (Å²) in [5, 5.41) is 2.27. The topological polar surface area (TPSA) is 52.6 Å². The quantitative estimate of drug-likeness (QED) is 0.686. The lowest BCUT2D eigenvalue weighted by atomic mass is 10.1. The van der Waals surface area contributed by atoms with Crippen LogP contribution in [-0.2, 0) is 4.79 Å². The van der Waals surface area contributed by atoms with Gasteiger partial charge in [-0.25, -0.2) is 4.98 Å². The van der Waals surface area contributed by atoms with Crippen molar-refractivity contribution < 1.29 is 4.79 Å². The number of piperazine rings is 1. The van der Waals surface area contributed by atoms with E-state index >= 15 is 0 Å². The molecule has 144 valence electrons. The van der Waals surface area contributed by atoms with Gasteiger partial charge in [0.05, 0.1) is 18.4 Å². The molecule has 0 bridgehead atoms. The van der Waals surface area contributed by atoms with Crippen LogP contribution in [0.2, 0.25) is 0 Å². The van der Waals surface area contributed by atoms with Gasteiger partial charge in [-0.2, -0.15) is 0 Å². The van der Waals surface area contributed by atoms with E-state index in [4.69, 9.17) is 0 Å². The summed E-state index contributed by atoms with van der Waals surface area (Å²) in [6, 6.07) is 14.4. The summed E-state index contributed by atoms with van der Waals surface area (Å²) in [7, 11) is 0. The van der Waals surface area contributed by atoms with Crippen molar-refractivity contribution >= 4 is 28.2 Å². The van der Waals surface area contributed by atoms with E-state index in [1.54, 1.807) is 18.6 Å². The fraction of sp³-hybridized carbons (Fsp3) is 0.318. The second-order valence-corrected chi connectivity index (χ2v) is 6.96. The number of nitrogens with zero attached hydrogens (tertiary/aromatic N) is 5. The number of carbonyl (C=O) groups is 1. The molecule has 0 aliphatic carbocycles. The van der Waals surface area contributed by atoms with Gasteiger partial charge in [-0.15, -0.1) is 0 Å². The van der Waals surface area contributed by atoms with Crippen LogP contribution in [0.5, 0.6) is 0 Å². The molecule has 28 heavy (non-hydrogen) atoms. The Kier molecular flexibility index (Phi) is 5.48. The number of hydrogen-bond acceptors (Lipinski definition) is 5. The minimum absolute atomic E-state index is 0.145. The van der Waals surface area contributed by atoms with E-state index in [9.17, 15) is 4.79 Å². The second kappa shape index (κ2) is 8.35. The van der Waals surface area contributed by atoms with Gasteiger partial charge < -0.3 is 9.80 Å². The number of fused-ring (bicyclic) bond motifs is 1. The average molecular weight is 375 g/mol. The molecule has 6 heteroatoms. The number of hydrogen-bond donors (Lipinski definition) is 0. The molecule has 0 atom stereocenters. The Balaban J connectivity index is 1.43. The summed E-state index contributed by atoms with van der Waals surface area (Å²) in [6.45, 7) is 6.52. The number of amides is 1. The lowest BCUT2D eigenvalue weighted by Crippen LogP contribution is -2.50. The summed E-state index contributed by atoms with van der Waals surface area (Å²) in [5.41, 5.74) is 0.990. The third-order valence-electron chi connectivity index (χ3n) is 5.28. The highest BCUT2D eigenvalue weighted by Crippen LogP contribution is 2.27. The molecule has 0 radical (unpaired) electrons. The zero-order valence-corrected chi connectivity index (χ0v) is 16.2. The number of rotatable bonds is 5. The van der Waals surface area contributed by atoms with E-state index in [-0.39, 0.29) is 5.91 Å². The molecular formula is C22H25N5O. The molecule has 2 heterocycles. The van der Waals surface area contributed by atoms with Crippen molar-refractivity contribution in [2.45, 2.75) is 6.92 Å². The van der Waals surface area contributed by atoms with Crippen molar-refractivity contribution in [1.29, 1.82) is 0 Å². The summed E-state index contributed by atoms with van der Waals surface area (Å²) < 4.78 is 0. The van der Waals surface area contributed by atoms with Gasteiger partial charge >= 0.3 is 0 Å². The first-order chi connectivity index (χ1) is 13.8. The second-order valence-electron chi connectivity index (χ2n) is 6.96. The SMILES string of the molecule is CCN(C(=O)CN1CCN(c2cnccn2)CC1)c1cccc2ccccc12. The Bertz CT molecular complexity index is 933. The average Bonchev–Trinajstić information content (AvgIpc) is 2.75. The highest BCUT2D eigenvalue weighted by Gasteiger charge is 2.23. The largest absolute Gasteiger partial charge is 0.353 e. The van der Waals surface area contributed by atoms with Gasteiger partial charge in [0.2, 0.25) is 5.91 Å². The van der Waals surface area contributed by atoms with Crippen molar-refractivity contribution in [2.75, 3.05) is 49.1 Å². The van der Waals surface area contributed by atoms with Gasteiger partial charge in [-0.05, 0) is 18.4 Å². The van der Waals surface area contributed by atoms with E-state index in [2.05, 4.69) is 38.0 Å². The summed E-state index contributed by atoms with van der Waals surface area (Å²) in [4.78, 5) is 27.9. The number of likely N-dealkylation sites (N-methyl/N-ethyl adjacent to an activating group) is 1. The van der Waals surface area contributed by atoms with Crippen LogP contribution in [0.1, 0.15) is 6.92 Å². The zero-order chi connectivity index (χ0) is 19.3. The summed E-state index contributed by atoms with van der Waals surface area (Å²) >= 11 is 0. The molecule has 0 N–H and O–H groups in total. The van der Waals surface area contributed by atoms with Crippen molar-refractivity contribution in [2.24, 2.45) is 0 Å². The summed E-state index contributed by atoms with van der Waals surface area (Å²) in [5.74, 6) is 1.05. The van der Waals surface area contributed by atoms with E-state index < -0.39 is 0 Å². The number of anilines is 2. The van der Waals surface area contributed by atoms with Gasteiger partial charge in [0.25, 0.3) is 0 Å². The van der Waals surface area contributed by atoms with Gasteiger partial charge in [-0.1, -0.05) is 36.4 Å². The maximum atomic E-state index is 13.1. The molecule has 1 saturated heterocycles. The Labute approximate surface area is 165 Å². The molecular weight excluding hydrogens is 350 g/mol. The first kappa shape index (κ1) is 18.4. The van der Waals surface area contributed by atoms with Crippen LogP contribution in [0.15, 0.2) is 61.1 Å². The van der Waals surface area contributed by atoms with Crippen molar-refractivity contribution in [3.8, 4) is 0 Å². The van der Waals surface area contributed by atoms with E-state index in [1.807, 2.05) is 36.1 Å². The van der Waals surface area contributed by atoms with Gasteiger partial charge in [0.15, 0.2) is 0 Å². The maximum absolute atomic E-state index is 13.1. The lowest BCUT2D eigenvalue weighted by Gasteiger charge is -2.35. The Morgan fingerprint density at radius 1 is 1.04 bits per heavy atom. The minimum atomic E-state index is 0.145. The van der Waals surface area contributed by atoms with E-state index in [0.29, 0.717) is 13.1 Å². The molecule has 1 aliphatic heterocycles. The Morgan fingerprint density at radius 2 is 1.82 bits per heavy atom. The third-order valence-corrected chi connectivity index (χ3v) is 5.28. The van der Waals surface area contributed by atoms with Crippen LogP contribution in [0.4, 0.5) is 11.5 Å². The van der Waals surface area contributed by atoms with Crippen molar-refractivity contribution in [3.05, 3.63) is 61.1 Å². The number of carbonyl (C=O) groups excluding carboxylic acids is 1. The predicted molar refractivity (Wildman–Crippen MR) is 113 cm³/mol. The molecule has 1 fully saturated rings. The van der Waals surface area contributed by atoms with Crippen LogP contribution >= 0.6 is 0 Å². The van der Waals surface area contributed by atoms with Crippen LogP contribution in [0.3, 0.4) is 0 Å². The van der Waals surface area contributed by atoms with Gasteiger partial charge in [0.1, 0.15) is 5.82 Å². The fourth-order valence-electron chi connectivity index (χ4n) is 3.79. The van der Waals surface area contributed by atoms with E-state index in [0.717, 1.165) is 48.5 Å². The van der Waals surface area contributed by atoms with E-state index in [1.165, 1.54) is 0 Å². The smallest absolute Gasteiger partial charge is 0.241 e. The van der Waals surface area contributed by atoms with Gasteiger partial charge in [0, 0.05) is 50.5 Å². The predicted octanol–water partition coefficient (Wildman–Crippen LogP) is 2.80. The number of aromatic nitrogens is 2. The van der Waals surface area contributed by atoms with Crippen LogP contribution in [-0.4, -0.2) is 60.0 Å². The highest BCUT2D eigenvalue weighted by atomic mass is 16.2. The monoisotopic (exact) mass is 375 g/mol. The van der Waals surface area contributed by atoms with Crippen LogP contribution < -0.4 is 9.80 Å². The standard InChI is InChI=1S/C22H25N5O/c1-2-27(20-9-5-7-18-6-3-4-8-19(18)20)22(28)17-25-12-14-26(15-13-25)21-16-23-10-11-24-21/h3-11,16H,2,12-15,17H2,1H3. The molecule has 6 nitrogen and oxygen atoms in total. The van der Waals surface area contributed by atoms with Crippen molar-refractivity contribution in [1.82, 2.24) is 14.9 Å². The highest BCUT2D eigenvalue weighted by molar-refractivity contribution is 6.04. The fourth-order valence-corrected chi connectivity index (χ4v) is 3.79. The summed E-state index contributed by atoms with van der Waals surface area (Å²) in [6.07, 6.45) is 5.19. The molecule has 1 amide bonds. The normalized spacial score (nSPS) is 15.0. The molecule has 3 aromatic rings. The molecule has 1 aliphatic rings. The molecule has 2 aromatic carbocycles. The Hall–Kier alpha value is -2.99. The molecule has 0 unspecified atom stereocenters. The van der Waals surface area contributed by atoms with Gasteiger partial charge in [-0.3, -0.25) is 14.7 Å². The first-order valence-corrected chi connectivity index (χ1v) is 9.77. The third kappa shape index (κ3) is 3.82. The minimum Gasteiger partial charge on any atom is -0.353 e. The van der Waals surface area contributed by atoms with Crippen LogP contribution in [0, 0.1) is 0 Å².